The molecule has 1 saturated carbocycles. The summed E-state index contributed by atoms with van der Waals surface area (Å²) >= 11 is 0. The zero-order chi connectivity index (χ0) is 17.2. The van der Waals surface area contributed by atoms with Gasteiger partial charge in [0.25, 0.3) is 5.91 Å². The lowest BCUT2D eigenvalue weighted by molar-refractivity contribution is 0.0912. The number of amides is 1. The summed E-state index contributed by atoms with van der Waals surface area (Å²) in [5, 5.41) is 3.25. The Morgan fingerprint density at radius 1 is 1.00 bits per heavy atom. The molecule has 0 aliphatic heterocycles. The van der Waals surface area contributed by atoms with Gasteiger partial charge in [-0.1, -0.05) is 61.4 Å². The Morgan fingerprint density at radius 3 is 2.17 bits per heavy atom. The van der Waals surface area contributed by atoms with E-state index < -0.39 is 0 Å². The van der Waals surface area contributed by atoms with Crippen LogP contribution < -0.4 is 11.1 Å². The molecule has 0 heterocycles. The smallest absolute Gasteiger partial charge is 0.252 e. The maximum Gasteiger partial charge on any atom is 0.252 e. The zero-order valence-corrected chi connectivity index (χ0v) is 14.5. The quantitative estimate of drug-likeness (QED) is 0.892. The van der Waals surface area contributed by atoms with Crippen molar-refractivity contribution in [2.24, 2.45) is 5.73 Å². The maximum atomic E-state index is 13.0. The maximum absolute atomic E-state index is 13.0. The van der Waals surface area contributed by atoms with Crippen LogP contribution in [0.2, 0.25) is 0 Å². The lowest BCUT2D eigenvalue weighted by Crippen LogP contribution is -2.51. The van der Waals surface area contributed by atoms with Crippen LogP contribution in [-0.2, 0) is 0 Å². The zero-order valence-electron chi connectivity index (χ0n) is 14.5. The first-order chi connectivity index (χ1) is 11.5. The molecule has 2 aromatic rings. The third-order valence-electron chi connectivity index (χ3n) is 5.23. The van der Waals surface area contributed by atoms with E-state index in [0.717, 1.165) is 47.9 Å². The molecular formula is C21H26N2O. The van der Waals surface area contributed by atoms with E-state index in [2.05, 4.69) is 17.4 Å². The number of aryl methyl sites for hydroxylation is 2. The molecule has 1 aliphatic carbocycles. The summed E-state index contributed by atoms with van der Waals surface area (Å²) in [6.45, 7) is 3.96. The summed E-state index contributed by atoms with van der Waals surface area (Å²) in [7, 11) is 0. The second kappa shape index (κ2) is 6.78. The molecular weight excluding hydrogens is 296 g/mol. The number of hydrogen-bond acceptors (Lipinski definition) is 2. The van der Waals surface area contributed by atoms with Crippen LogP contribution in [0.5, 0.6) is 0 Å². The number of nitrogens with two attached hydrogens (primary N) is 1. The molecule has 0 saturated heterocycles. The molecule has 1 aliphatic rings. The van der Waals surface area contributed by atoms with E-state index in [1.165, 1.54) is 0 Å². The molecule has 24 heavy (non-hydrogen) atoms. The van der Waals surface area contributed by atoms with Gasteiger partial charge in [-0.15, -0.1) is 0 Å². The van der Waals surface area contributed by atoms with Crippen molar-refractivity contribution in [3.8, 4) is 0 Å². The van der Waals surface area contributed by atoms with E-state index in [0.29, 0.717) is 0 Å². The van der Waals surface area contributed by atoms with E-state index in [4.69, 9.17) is 5.73 Å². The van der Waals surface area contributed by atoms with Crippen molar-refractivity contribution >= 4 is 5.91 Å². The first-order valence-electron chi connectivity index (χ1n) is 8.72. The number of hydrogen-bond donors (Lipinski definition) is 2. The predicted octanol–water partition coefficient (Wildman–Crippen LogP) is 4.05. The summed E-state index contributed by atoms with van der Waals surface area (Å²) in [5.74, 6) is -0.0313. The third kappa shape index (κ3) is 3.22. The molecule has 1 atom stereocenters. The number of carbonyl (C=O) groups is 1. The van der Waals surface area contributed by atoms with Gasteiger partial charge in [-0.25, -0.2) is 0 Å². The first kappa shape index (κ1) is 16.7. The second-order valence-corrected chi connectivity index (χ2v) is 7.02. The normalized spacial score (nSPS) is 17.5. The van der Waals surface area contributed by atoms with Gasteiger partial charge in [0.2, 0.25) is 0 Å². The van der Waals surface area contributed by atoms with Crippen molar-refractivity contribution in [3.63, 3.8) is 0 Å². The highest BCUT2D eigenvalue weighted by molar-refractivity contribution is 5.97. The highest BCUT2D eigenvalue weighted by atomic mass is 16.1. The highest BCUT2D eigenvalue weighted by Crippen LogP contribution is 2.38. The third-order valence-corrected chi connectivity index (χ3v) is 5.23. The largest absolute Gasteiger partial charge is 0.343 e. The molecule has 1 amide bonds. The first-order valence-corrected chi connectivity index (χ1v) is 8.72. The van der Waals surface area contributed by atoms with E-state index in [-0.39, 0.29) is 17.5 Å². The standard InChI is InChI=1S/C21H26N2O/c1-15-9-8-10-16(2)18(15)20(24)23-19(17-11-4-3-5-12-17)21(22)13-6-7-14-21/h3-5,8-12,19H,6-7,13-14,22H2,1-2H3,(H,23,24). The van der Waals surface area contributed by atoms with E-state index in [9.17, 15) is 4.79 Å². The van der Waals surface area contributed by atoms with Crippen molar-refractivity contribution in [2.45, 2.75) is 51.1 Å². The van der Waals surface area contributed by atoms with Gasteiger partial charge < -0.3 is 11.1 Å². The average molecular weight is 322 g/mol. The topological polar surface area (TPSA) is 55.1 Å². The fraction of sp³-hybridized carbons (Fsp3) is 0.381. The van der Waals surface area contributed by atoms with Crippen molar-refractivity contribution in [3.05, 3.63) is 70.8 Å². The van der Waals surface area contributed by atoms with Gasteiger partial charge in [-0.05, 0) is 43.4 Å². The van der Waals surface area contributed by atoms with Gasteiger partial charge in [0, 0.05) is 11.1 Å². The van der Waals surface area contributed by atoms with Gasteiger partial charge >= 0.3 is 0 Å². The number of nitrogens with one attached hydrogen (secondary N) is 1. The lowest BCUT2D eigenvalue weighted by Gasteiger charge is -2.35. The van der Waals surface area contributed by atoms with Crippen LogP contribution in [0.1, 0.15) is 58.8 Å². The molecule has 2 aromatic carbocycles. The monoisotopic (exact) mass is 322 g/mol. The molecule has 0 spiro atoms. The Hall–Kier alpha value is -2.13. The fourth-order valence-electron chi connectivity index (χ4n) is 3.90. The average Bonchev–Trinajstić information content (AvgIpc) is 3.01. The van der Waals surface area contributed by atoms with Crippen molar-refractivity contribution in [1.29, 1.82) is 0 Å². The summed E-state index contributed by atoms with van der Waals surface area (Å²) in [5.41, 5.74) is 10.2. The minimum absolute atomic E-state index is 0.0313. The summed E-state index contributed by atoms with van der Waals surface area (Å²) in [6.07, 6.45) is 4.14. The van der Waals surface area contributed by atoms with Crippen molar-refractivity contribution in [2.75, 3.05) is 0 Å². The molecule has 3 rings (SSSR count). The molecule has 1 unspecified atom stereocenters. The molecule has 126 valence electrons. The minimum Gasteiger partial charge on any atom is -0.343 e. The van der Waals surface area contributed by atoms with Crippen LogP contribution in [0.3, 0.4) is 0 Å². The van der Waals surface area contributed by atoms with Crippen molar-refractivity contribution < 1.29 is 4.79 Å². The Bertz CT molecular complexity index is 698. The van der Waals surface area contributed by atoms with Gasteiger partial charge in [0.05, 0.1) is 6.04 Å². The van der Waals surface area contributed by atoms with Gasteiger partial charge in [0.15, 0.2) is 0 Å². The lowest BCUT2D eigenvalue weighted by atomic mass is 9.84. The summed E-state index contributed by atoms with van der Waals surface area (Å²) < 4.78 is 0. The molecule has 0 bridgehead atoms. The van der Waals surface area contributed by atoms with Gasteiger partial charge in [-0.3, -0.25) is 4.79 Å². The number of rotatable bonds is 4. The fourth-order valence-corrected chi connectivity index (χ4v) is 3.90. The minimum atomic E-state index is -0.367. The van der Waals surface area contributed by atoms with Crippen molar-refractivity contribution in [1.82, 2.24) is 5.32 Å². The van der Waals surface area contributed by atoms with Crippen LogP contribution in [0, 0.1) is 13.8 Å². The van der Waals surface area contributed by atoms with Gasteiger partial charge in [-0.2, -0.15) is 0 Å². The summed E-state index contributed by atoms with van der Waals surface area (Å²) in [6, 6.07) is 15.9. The number of carbonyl (C=O) groups excluding carboxylic acids is 1. The van der Waals surface area contributed by atoms with Crippen LogP contribution in [0.25, 0.3) is 0 Å². The second-order valence-electron chi connectivity index (χ2n) is 7.02. The molecule has 0 aromatic heterocycles. The number of benzene rings is 2. The van der Waals surface area contributed by atoms with E-state index in [1.54, 1.807) is 0 Å². The molecule has 3 nitrogen and oxygen atoms in total. The van der Waals surface area contributed by atoms with Gasteiger partial charge in [0.1, 0.15) is 0 Å². The van der Waals surface area contributed by atoms with Crippen LogP contribution in [-0.4, -0.2) is 11.4 Å². The molecule has 0 radical (unpaired) electrons. The predicted molar refractivity (Wildman–Crippen MR) is 98.0 cm³/mol. The van der Waals surface area contributed by atoms with Crippen LogP contribution in [0.15, 0.2) is 48.5 Å². The van der Waals surface area contributed by atoms with E-state index in [1.807, 2.05) is 50.2 Å². The van der Waals surface area contributed by atoms with E-state index >= 15 is 0 Å². The Morgan fingerprint density at radius 2 is 1.58 bits per heavy atom. The van der Waals surface area contributed by atoms with Crippen LogP contribution >= 0.6 is 0 Å². The Labute approximate surface area is 144 Å². The molecule has 3 N–H and O–H groups in total. The molecule has 1 fully saturated rings. The Balaban J connectivity index is 1.94. The summed E-state index contributed by atoms with van der Waals surface area (Å²) in [4.78, 5) is 13.0. The van der Waals surface area contributed by atoms with Crippen LogP contribution in [0.4, 0.5) is 0 Å². The Kier molecular flexibility index (Phi) is 4.72. The molecule has 3 heteroatoms. The highest BCUT2D eigenvalue weighted by Gasteiger charge is 2.39. The SMILES string of the molecule is Cc1cccc(C)c1C(=O)NC(c1ccccc1)C1(N)CCCC1.